The SMILES string of the molecule is CC(C)C(NC(=O)c1ccccc1F)C(=O)Nc1ccc(F)cc1F. The summed E-state index contributed by atoms with van der Waals surface area (Å²) in [6, 6.07) is 7.05. The third-order valence-corrected chi connectivity index (χ3v) is 3.54. The van der Waals surface area contributed by atoms with Crippen molar-refractivity contribution >= 4 is 17.5 Å². The predicted molar refractivity (Wildman–Crippen MR) is 87.5 cm³/mol. The molecular formula is C18H17F3N2O2. The number of benzene rings is 2. The Balaban J connectivity index is 2.16. The van der Waals surface area contributed by atoms with Crippen molar-refractivity contribution < 1.29 is 22.8 Å². The van der Waals surface area contributed by atoms with Gasteiger partial charge >= 0.3 is 0 Å². The third kappa shape index (κ3) is 4.59. The van der Waals surface area contributed by atoms with Crippen LogP contribution in [0.2, 0.25) is 0 Å². The number of anilines is 1. The molecule has 2 amide bonds. The highest BCUT2D eigenvalue weighted by molar-refractivity contribution is 6.01. The molecule has 4 nitrogen and oxygen atoms in total. The van der Waals surface area contributed by atoms with Crippen LogP contribution in [0.4, 0.5) is 18.9 Å². The summed E-state index contributed by atoms with van der Waals surface area (Å²) in [6.45, 7) is 3.35. The maximum Gasteiger partial charge on any atom is 0.254 e. The largest absolute Gasteiger partial charge is 0.340 e. The van der Waals surface area contributed by atoms with Crippen LogP contribution in [0.25, 0.3) is 0 Å². The molecule has 0 aliphatic rings. The van der Waals surface area contributed by atoms with Crippen LogP contribution in [0.3, 0.4) is 0 Å². The molecule has 0 bridgehead atoms. The number of carbonyl (C=O) groups is 2. The smallest absolute Gasteiger partial charge is 0.254 e. The molecule has 2 aromatic rings. The van der Waals surface area contributed by atoms with Gasteiger partial charge in [-0.15, -0.1) is 0 Å². The highest BCUT2D eigenvalue weighted by Gasteiger charge is 2.26. The summed E-state index contributed by atoms with van der Waals surface area (Å²) in [5.41, 5.74) is -0.411. The van der Waals surface area contributed by atoms with Gasteiger partial charge in [0.25, 0.3) is 5.91 Å². The zero-order valence-corrected chi connectivity index (χ0v) is 13.6. The molecule has 0 radical (unpaired) electrons. The molecule has 1 unspecified atom stereocenters. The van der Waals surface area contributed by atoms with Crippen molar-refractivity contribution in [2.45, 2.75) is 19.9 Å². The zero-order valence-electron chi connectivity index (χ0n) is 13.6. The Labute approximate surface area is 143 Å². The topological polar surface area (TPSA) is 58.2 Å². The lowest BCUT2D eigenvalue weighted by Gasteiger charge is -2.22. The van der Waals surface area contributed by atoms with E-state index in [0.29, 0.717) is 6.07 Å². The first-order chi connectivity index (χ1) is 11.8. The van der Waals surface area contributed by atoms with Crippen molar-refractivity contribution in [1.82, 2.24) is 5.32 Å². The number of hydrogen-bond acceptors (Lipinski definition) is 2. The average Bonchev–Trinajstić information content (AvgIpc) is 2.55. The van der Waals surface area contributed by atoms with Gasteiger partial charge in [-0.3, -0.25) is 9.59 Å². The Kier molecular flexibility index (Phi) is 5.80. The fraction of sp³-hybridized carbons (Fsp3) is 0.222. The molecule has 2 rings (SSSR count). The molecule has 7 heteroatoms. The first kappa shape index (κ1) is 18.5. The molecule has 0 aromatic heterocycles. The van der Waals surface area contributed by atoms with E-state index in [4.69, 9.17) is 0 Å². The third-order valence-electron chi connectivity index (χ3n) is 3.54. The predicted octanol–water partition coefficient (Wildman–Crippen LogP) is 3.50. The van der Waals surface area contributed by atoms with Crippen molar-refractivity contribution in [2.24, 2.45) is 5.92 Å². The number of halogens is 3. The van der Waals surface area contributed by atoms with E-state index in [2.05, 4.69) is 10.6 Å². The van der Waals surface area contributed by atoms with Crippen LogP contribution in [0.15, 0.2) is 42.5 Å². The van der Waals surface area contributed by atoms with Crippen LogP contribution >= 0.6 is 0 Å². The zero-order chi connectivity index (χ0) is 18.6. The second-order valence-electron chi connectivity index (χ2n) is 5.79. The first-order valence-corrected chi connectivity index (χ1v) is 7.61. The Bertz CT molecular complexity index is 794. The summed E-state index contributed by atoms with van der Waals surface area (Å²) < 4.78 is 40.3. The molecule has 0 aliphatic carbocycles. The van der Waals surface area contributed by atoms with Crippen LogP contribution < -0.4 is 10.6 Å². The second kappa shape index (κ2) is 7.83. The van der Waals surface area contributed by atoms with Gasteiger partial charge in [0.15, 0.2) is 0 Å². The van der Waals surface area contributed by atoms with Gasteiger partial charge in [0.05, 0.1) is 11.3 Å². The molecule has 2 N–H and O–H groups in total. The van der Waals surface area contributed by atoms with Gasteiger partial charge in [-0.1, -0.05) is 26.0 Å². The Morgan fingerprint density at radius 2 is 1.64 bits per heavy atom. The van der Waals surface area contributed by atoms with Gasteiger partial charge < -0.3 is 10.6 Å². The molecule has 0 saturated heterocycles. The Hall–Kier alpha value is -2.83. The summed E-state index contributed by atoms with van der Waals surface area (Å²) >= 11 is 0. The lowest BCUT2D eigenvalue weighted by Crippen LogP contribution is -2.47. The fourth-order valence-corrected chi connectivity index (χ4v) is 2.20. The summed E-state index contributed by atoms with van der Waals surface area (Å²) in [7, 11) is 0. The number of carbonyl (C=O) groups excluding carboxylic acids is 2. The molecule has 25 heavy (non-hydrogen) atoms. The van der Waals surface area contributed by atoms with E-state index < -0.39 is 35.3 Å². The maximum absolute atomic E-state index is 13.7. The van der Waals surface area contributed by atoms with Crippen molar-refractivity contribution in [3.8, 4) is 0 Å². The summed E-state index contributed by atoms with van der Waals surface area (Å²) in [4.78, 5) is 24.6. The molecule has 2 aromatic carbocycles. The number of nitrogens with one attached hydrogen (secondary N) is 2. The van der Waals surface area contributed by atoms with E-state index in [9.17, 15) is 22.8 Å². The molecule has 1 atom stereocenters. The maximum atomic E-state index is 13.7. The van der Waals surface area contributed by atoms with Gasteiger partial charge in [0.1, 0.15) is 23.5 Å². The van der Waals surface area contributed by atoms with Crippen LogP contribution in [0, 0.1) is 23.4 Å². The van der Waals surface area contributed by atoms with Gasteiger partial charge in [0.2, 0.25) is 5.91 Å². The van der Waals surface area contributed by atoms with Crippen molar-refractivity contribution in [1.29, 1.82) is 0 Å². The molecule has 132 valence electrons. The molecule has 0 saturated carbocycles. The highest BCUT2D eigenvalue weighted by Crippen LogP contribution is 2.16. The van der Waals surface area contributed by atoms with E-state index in [0.717, 1.165) is 18.2 Å². The van der Waals surface area contributed by atoms with Gasteiger partial charge in [0, 0.05) is 6.07 Å². The monoisotopic (exact) mass is 350 g/mol. The minimum atomic E-state index is -1.03. The normalized spacial score (nSPS) is 11.9. The fourth-order valence-electron chi connectivity index (χ4n) is 2.20. The van der Waals surface area contributed by atoms with Crippen molar-refractivity contribution in [3.05, 3.63) is 65.5 Å². The minimum Gasteiger partial charge on any atom is -0.340 e. The van der Waals surface area contributed by atoms with E-state index in [1.54, 1.807) is 13.8 Å². The van der Waals surface area contributed by atoms with Gasteiger partial charge in [-0.25, -0.2) is 13.2 Å². The average molecular weight is 350 g/mol. The standard InChI is InChI=1S/C18H17F3N2O2/c1-10(2)16(23-17(24)12-5-3-4-6-13(12)20)18(25)22-15-8-7-11(19)9-14(15)21/h3-10,16H,1-2H3,(H,22,25)(H,23,24). The van der Waals surface area contributed by atoms with E-state index >= 15 is 0 Å². The highest BCUT2D eigenvalue weighted by atomic mass is 19.1. The summed E-state index contributed by atoms with van der Waals surface area (Å²) in [5, 5.41) is 4.74. The lowest BCUT2D eigenvalue weighted by atomic mass is 10.0. The number of amides is 2. The lowest BCUT2D eigenvalue weighted by molar-refractivity contribution is -0.118. The van der Waals surface area contributed by atoms with E-state index in [1.807, 2.05) is 0 Å². The molecule has 0 aliphatic heterocycles. The van der Waals surface area contributed by atoms with Gasteiger partial charge in [-0.05, 0) is 30.2 Å². The molecule has 0 spiro atoms. The van der Waals surface area contributed by atoms with Crippen LogP contribution in [0.5, 0.6) is 0 Å². The molecular weight excluding hydrogens is 333 g/mol. The Morgan fingerprint density at radius 3 is 2.24 bits per heavy atom. The van der Waals surface area contributed by atoms with E-state index in [-0.39, 0.29) is 17.2 Å². The molecule has 0 fully saturated rings. The van der Waals surface area contributed by atoms with Crippen LogP contribution in [-0.4, -0.2) is 17.9 Å². The van der Waals surface area contributed by atoms with Gasteiger partial charge in [-0.2, -0.15) is 0 Å². The summed E-state index contributed by atoms with van der Waals surface area (Å²) in [6.07, 6.45) is 0. The van der Waals surface area contributed by atoms with Crippen LogP contribution in [-0.2, 0) is 4.79 Å². The number of hydrogen-bond donors (Lipinski definition) is 2. The second-order valence-corrected chi connectivity index (χ2v) is 5.79. The quantitative estimate of drug-likeness (QED) is 0.867. The molecule has 0 heterocycles. The Morgan fingerprint density at radius 1 is 0.960 bits per heavy atom. The first-order valence-electron chi connectivity index (χ1n) is 7.61. The van der Waals surface area contributed by atoms with E-state index in [1.165, 1.54) is 18.2 Å². The van der Waals surface area contributed by atoms with Crippen molar-refractivity contribution in [2.75, 3.05) is 5.32 Å². The number of rotatable bonds is 5. The van der Waals surface area contributed by atoms with Crippen molar-refractivity contribution in [3.63, 3.8) is 0 Å². The van der Waals surface area contributed by atoms with Crippen LogP contribution in [0.1, 0.15) is 24.2 Å². The summed E-state index contributed by atoms with van der Waals surface area (Å²) in [5.74, 6) is -4.22. The minimum absolute atomic E-state index is 0.200.